The average molecular weight is 590 g/mol. The van der Waals surface area contributed by atoms with Crippen LogP contribution in [0, 0.1) is 0 Å². The lowest BCUT2D eigenvalue weighted by Gasteiger charge is -2.25. The smallest absolute Gasteiger partial charge is 0.338 e. The second-order valence-electron chi connectivity index (χ2n) is 9.84. The molecular weight excluding hydrogens is 558 g/mol. The molecule has 0 amide bonds. The summed E-state index contributed by atoms with van der Waals surface area (Å²) in [6.45, 7) is 7.51. The van der Waals surface area contributed by atoms with Gasteiger partial charge in [-0.05, 0) is 63.8 Å². The highest BCUT2D eigenvalue weighted by Gasteiger charge is 2.33. The average Bonchev–Trinajstić information content (AvgIpc) is 3.44. The van der Waals surface area contributed by atoms with Crippen molar-refractivity contribution in [2.75, 3.05) is 12.9 Å². The number of thioether (sulfide) groups is 1. The van der Waals surface area contributed by atoms with Gasteiger partial charge in [0.2, 0.25) is 0 Å². The van der Waals surface area contributed by atoms with Crippen LogP contribution in [0.5, 0.6) is 0 Å². The fourth-order valence-electron chi connectivity index (χ4n) is 4.97. The zero-order valence-corrected chi connectivity index (χ0v) is 25.2. The first-order valence-corrected chi connectivity index (χ1v) is 15.4. The van der Waals surface area contributed by atoms with Crippen molar-refractivity contribution >= 4 is 52.0 Å². The number of nitrogens with zero attached hydrogens (tertiary/aromatic N) is 3. The fraction of sp³-hybridized carbons (Fsp3) is 0.290. The van der Waals surface area contributed by atoms with Crippen molar-refractivity contribution in [1.82, 2.24) is 9.13 Å². The summed E-state index contributed by atoms with van der Waals surface area (Å²) in [6, 6.07) is 14.9. The molecule has 1 aliphatic heterocycles. The first kappa shape index (κ1) is 28.6. The monoisotopic (exact) mass is 589 g/mol. The maximum absolute atomic E-state index is 14.1. The van der Waals surface area contributed by atoms with E-state index in [4.69, 9.17) is 9.47 Å². The van der Waals surface area contributed by atoms with Gasteiger partial charge in [0.05, 0.1) is 34.6 Å². The normalized spacial score (nSPS) is 15.3. The van der Waals surface area contributed by atoms with Crippen LogP contribution < -0.4 is 14.9 Å². The van der Waals surface area contributed by atoms with Gasteiger partial charge in [-0.1, -0.05) is 41.7 Å². The number of esters is 2. The fourth-order valence-corrected chi connectivity index (χ4v) is 6.42. The van der Waals surface area contributed by atoms with Crippen LogP contribution in [0.3, 0.4) is 0 Å². The number of ether oxygens (including phenoxy) is 2. The molecule has 0 bridgehead atoms. The maximum atomic E-state index is 14.1. The van der Waals surface area contributed by atoms with E-state index in [-0.39, 0.29) is 24.2 Å². The number of hydrogen-bond acceptors (Lipinski definition) is 8. The van der Waals surface area contributed by atoms with Gasteiger partial charge in [0, 0.05) is 27.6 Å². The quantitative estimate of drug-likeness (QED) is 0.223. The highest BCUT2D eigenvalue weighted by Crippen LogP contribution is 2.32. The Morgan fingerprint density at radius 3 is 2.56 bits per heavy atom. The van der Waals surface area contributed by atoms with E-state index in [1.165, 1.54) is 11.3 Å². The van der Waals surface area contributed by atoms with Crippen molar-refractivity contribution in [3.8, 4) is 0 Å². The summed E-state index contributed by atoms with van der Waals surface area (Å²) < 4.78 is 14.6. The number of rotatable bonds is 8. The number of allylic oxidation sites excluding steroid dienone is 1. The highest BCUT2D eigenvalue weighted by molar-refractivity contribution is 7.98. The van der Waals surface area contributed by atoms with Gasteiger partial charge in [-0.15, -0.1) is 11.8 Å². The summed E-state index contributed by atoms with van der Waals surface area (Å²) in [4.78, 5) is 45.9. The molecule has 0 fully saturated rings. The Labute approximate surface area is 245 Å². The van der Waals surface area contributed by atoms with Gasteiger partial charge in [0.1, 0.15) is 6.54 Å². The Bertz CT molecular complexity index is 1840. The van der Waals surface area contributed by atoms with Crippen molar-refractivity contribution in [3.63, 3.8) is 0 Å². The molecule has 2 aromatic carbocycles. The lowest BCUT2D eigenvalue weighted by molar-refractivity contribution is -0.144. The Kier molecular flexibility index (Phi) is 8.32. The number of carbonyl (C=O) groups excluding carboxylic acids is 2. The lowest BCUT2D eigenvalue weighted by Crippen LogP contribution is -2.40. The molecule has 0 unspecified atom stereocenters. The number of thiazole rings is 1. The van der Waals surface area contributed by atoms with Crippen LogP contribution in [0.4, 0.5) is 0 Å². The van der Waals surface area contributed by atoms with E-state index < -0.39 is 12.0 Å². The predicted molar refractivity (Wildman–Crippen MR) is 162 cm³/mol. The van der Waals surface area contributed by atoms with Gasteiger partial charge in [0.15, 0.2) is 4.80 Å². The largest absolute Gasteiger partial charge is 0.465 e. The summed E-state index contributed by atoms with van der Waals surface area (Å²) in [6.07, 6.45) is 5.36. The zero-order chi connectivity index (χ0) is 29.3. The molecule has 212 valence electrons. The molecule has 5 rings (SSSR count). The van der Waals surface area contributed by atoms with Crippen LogP contribution in [-0.4, -0.2) is 40.0 Å². The molecule has 1 aliphatic rings. The highest BCUT2D eigenvalue weighted by atomic mass is 32.2. The molecule has 0 spiro atoms. The minimum Gasteiger partial charge on any atom is -0.465 e. The number of carbonyl (C=O) groups is 2. The van der Waals surface area contributed by atoms with E-state index in [1.807, 2.05) is 71.6 Å². The number of fused-ring (bicyclic) bond motifs is 2. The maximum Gasteiger partial charge on any atom is 0.338 e. The van der Waals surface area contributed by atoms with Gasteiger partial charge in [0.25, 0.3) is 5.56 Å². The van der Waals surface area contributed by atoms with Crippen molar-refractivity contribution in [3.05, 3.63) is 96.8 Å². The lowest BCUT2D eigenvalue weighted by atomic mass is 9.96. The molecule has 41 heavy (non-hydrogen) atoms. The molecule has 3 heterocycles. The minimum absolute atomic E-state index is 0.0655. The van der Waals surface area contributed by atoms with Crippen LogP contribution in [-0.2, 0) is 25.6 Å². The molecular formula is C31H31N3O5S2. The van der Waals surface area contributed by atoms with Gasteiger partial charge in [-0.25, -0.2) is 9.79 Å². The number of benzene rings is 2. The number of para-hydroxylation sites is 1. The van der Waals surface area contributed by atoms with Crippen molar-refractivity contribution in [2.45, 2.75) is 51.3 Å². The molecule has 10 heteroatoms. The Hall–Kier alpha value is -3.89. The first-order valence-electron chi connectivity index (χ1n) is 13.3. The van der Waals surface area contributed by atoms with E-state index in [0.717, 1.165) is 26.9 Å². The van der Waals surface area contributed by atoms with E-state index in [9.17, 15) is 14.4 Å². The first-order chi connectivity index (χ1) is 19.7. The SMILES string of the molecule is CCOC(=O)Cn1cc(/C=c2\sc3n(c2=O)[C@@H](c2ccc(SC)cc2)C(C(=O)OC(C)C)=C(C)N=3)c2ccccc21. The zero-order valence-electron chi connectivity index (χ0n) is 23.5. The molecule has 2 aromatic heterocycles. The van der Waals surface area contributed by atoms with Crippen LogP contribution in [0.15, 0.2) is 80.7 Å². The summed E-state index contributed by atoms with van der Waals surface area (Å²) >= 11 is 2.89. The minimum atomic E-state index is -0.680. The predicted octanol–water partition coefficient (Wildman–Crippen LogP) is 4.43. The van der Waals surface area contributed by atoms with Gasteiger partial charge in [-0.3, -0.25) is 14.2 Å². The number of hydrogen-bond donors (Lipinski definition) is 0. The van der Waals surface area contributed by atoms with Gasteiger partial charge >= 0.3 is 11.9 Å². The second kappa shape index (κ2) is 11.9. The van der Waals surface area contributed by atoms with Crippen molar-refractivity contribution in [2.24, 2.45) is 4.99 Å². The molecule has 0 saturated heterocycles. The molecule has 0 aliphatic carbocycles. The Morgan fingerprint density at radius 2 is 1.88 bits per heavy atom. The second-order valence-corrected chi connectivity index (χ2v) is 11.7. The summed E-state index contributed by atoms with van der Waals surface area (Å²) in [5.74, 6) is -0.820. The van der Waals surface area contributed by atoms with Crippen LogP contribution in [0.25, 0.3) is 17.0 Å². The molecule has 1 atom stereocenters. The molecule has 0 saturated carbocycles. The van der Waals surface area contributed by atoms with E-state index in [1.54, 1.807) is 44.0 Å². The van der Waals surface area contributed by atoms with E-state index in [2.05, 4.69) is 4.99 Å². The summed E-state index contributed by atoms with van der Waals surface area (Å²) in [7, 11) is 0. The standard InChI is InChI=1S/C31H31N3O5S2/c1-6-38-26(35)17-33-16-21(23-9-7-8-10-24(23)33)15-25-29(36)34-28(20-11-13-22(40-5)14-12-20)27(30(37)39-18(2)3)19(4)32-31(34)41-25/h7-16,18,28H,6,17H2,1-5H3/b25-15-/t28-/m0/s1. The number of aromatic nitrogens is 2. The summed E-state index contributed by atoms with van der Waals surface area (Å²) in [5.41, 5.74) is 3.07. The molecule has 0 radical (unpaired) electrons. The van der Waals surface area contributed by atoms with E-state index in [0.29, 0.717) is 27.2 Å². The van der Waals surface area contributed by atoms with Crippen molar-refractivity contribution in [1.29, 1.82) is 0 Å². The van der Waals surface area contributed by atoms with Crippen LogP contribution in [0.2, 0.25) is 0 Å². The third-order valence-electron chi connectivity index (χ3n) is 6.73. The molecule has 0 N–H and O–H groups in total. The van der Waals surface area contributed by atoms with Crippen molar-refractivity contribution < 1.29 is 19.1 Å². The third kappa shape index (κ3) is 5.67. The van der Waals surface area contributed by atoms with Gasteiger partial charge in [-0.2, -0.15) is 0 Å². The molecule has 8 nitrogen and oxygen atoms in total. The topological polar surface area (TPSA) is 91.9 Å². The van der Waals surface area contributed by atoms with Crippen LogP contribution >= 0.6 is 23.1 Å². The Morgan fingerprint density at radius 1 is 1.15 bits per heavy atom. The Balaban J connectivity index is 1.68. The van der Waals surface area contributed by atoms with Gasteiger partial charge < -0.3 is 14.0 Å². The summed E-state index contributed by atoms with van der Waals surface area (Å²) in [5, 5.41) is 0.907. The van der Waals surface area contributed by atoms with Crippen LogP contribution in [0.1, 0.15) is 44.9 Å². The third-order valence-corrected chi connectivity index (χ3v) is 8.45. The molecule has 4 aromatic rings. The van der Waals surface area contributed by atoms with E-state index >= 15 is 0 Å².